The Kier molecular flexibility index (Phi) is 6.51. The molecule has 166 valence electrons. The van der Waals surface area contributed by atoms with E-state index in [2.05, 4.69) is 10.0 Å². The number of halogens is 1. The number of amides is 1. The van der Waals surface area contributed by atoms with E-state index in [4.69, 9.17) is 16.3 Å². The van der Waals surface area contributed by atoms with Crippen LogP contribution in [0.25, 0.3) is 0 Å². The van der Waals surface area contributed by atoms with Crippen LogP contribution in [0.2, 0.25) is 5.02 Å². The number of hydrogen-bond acceptors (Lipinski definition) is 7. The average Bonchev–Trinajstić information content (AvgIpc) is 2.75. The fourth-order valence-electron chi connectivity index (χ4n) is 2.71. The largest absolute Gasteiger partial charge is 0.506 e. The summed E-state index contributed by atoms with van der Waals surface area (Å²) >= 11 is 5.95. The van der Waals surface area contributed by atoms with E-state index in [0.29, 0.717) is 5.75 Å². The van der Waals surface area contributed by atoms with Crippen molar-refractivity contribution in [2.45, 2.75) is 4.90 Å². The normalized spacial score (nSPS) is 10.9. The minimum atomic E-state index is -4.10. The molecule has 0 saturated carbocycles. The Balaban J connectivity index is 1.88. The van der Waals surface area contributed by atoms with Gasteiger partial charge in [-0.05, 0) is 36.4 Å². The summed E-state index contributed by atoms with van der Waals surface area (Å²) in [5.41, 5.74) is -0.402. The van der Waals surface area contributed by atoms with Gasteiger partial charge in [0, 0.05) is 12.1 Å². The van der Waals surface area contributed by atoms with Crippen LogP contribution in [0, 0.1) is 10.1 Å². The molecular formula is C20H16ClN3O7S. The molecule has 0 aliphatic rings. The lowest BCUT2D eigenvalue weighted by molar-refractivity contribution is -0.384. The van der Waals surface area contributed by atoms with Gasteiger partial charge in [0.1, 0.15) is 11.5 Å². The fourth-order valence-corrected chi connectivity index (χ4v) is 4.06. The van der Waals surface area contributed by atoms with Crippen LogP contribution in [0.5, 0.6) is 11.5 Å². The molecule has 3 N–H and O–H groups in total. The van der Waals surface area contributed by atoms with E-state index in [9.17, 15) is 28.4 Å². The number of rotatable bonds is 7. The molecule has 12 heteroatoms. The topological polar surface area (TPSA) is 148 Å². The number of nitro benzene ring substituents is 1. The molecule has 3 aromatic rings. The highest BCUT2D eigenvalue weighted by Crippen LogP contribution is 2.31. The van der Waals surface area contributed by atoms with Crippen molar-refractivity contribution < 1.29 is 28.0 Å². The van der Waals surface area contributed by atoms with Crippen molar-refractivity contribution in [3.05, 3.63) is 81.4 Å². The summed E-state index contributed by atoms with van der Waals surface area (Å²) in [4.78, 5) is 22.5. The number of non-ortho nitro benzene ring substituents is 1. The zero-order chi connectivity index (χ0) is 23.5. The van der Waals surface area contributed by atoms with Gasteiger partial charge in [0.05, 0.1) is 38.9 Å². The summed E-state index contributed by atoms with van der Waals surface area (Å²) < 4.78 is 33.1. The third kappa shape index (κ3) is 4.90. The SMILES string of the molecule is COc1ccccc1NS(=O)(=O)c1ccc(O)c(NC(=O)c2ccc([N+](=O)[O-])cc2Cl)c1. The van der Waals surface area contributed by atoms with E-state index < -0.39 is 26.6 Å². The number of anilines is 2. The van der Waals surface area contributed by atoms with Crippen LogP contribution in [-0.2, 0) is 10.0 Å². The molecule has 0 radical (unpaired) electrons. The molecule has 3 aromatic carbocycles. The van der Waals surface area contributed by atoms with Crippen molar-refractivity contribution in [3.8, 4) is 11.5 Å². The highest BCUT2D eigenvalue weighted by atomic mass is 35.5. The number of methoxy groups -OCH3 is 1. The lowest BCUT2D eigenvalue weighted by Crippen LogP contribution is -2.16. The number of phenols is 1. The molecule has 0 spiro atoms. The minimum absolute atomic E-state index is 0.0999. The Bertz CT molecular complexity index is 1310. The second-order valence-electron chi connectivity index (χ2n) is 6.36. The molecule has 0 bridgehead atoms. The summed E-state index contributed by atoms with van der Waals surface area (Å²) in [7, 11) is -2.71. The summed E-state index contributed by atoms with van der Waals surface area (Å²) in [6.45, 7) is 0. The number of nitrogens with one attached hydrogen (secondary N) is 2. The van der Waals surface area contributed by atoms with Crippen molar-refractivity contribution in [2.75, 3.05) is 17.1 Å². The first-order valence-electron chi connectivity index (χ1n) is 8.86. The predicted molar refractivity (Wildman–Crippen MR) is 118 cm³/mol. The Morgan fingerprint density at radius 2 is 1.81 bits per heavy atom. The number of benzene rings is 3. The molecule has 32 heavy (non-hydrogen) atoms. The van der Waals surface area contributed by atoms with Crippen molar-refractivity contribution in [3.63, 3.8) is 0 Å². The van der Waals surface area contributed by atoms with Crippen molar-refractivity contribution in [1.82, 2.24) is 0 Å². The maximum atomic E-state index is 12.8. The first kappa shape index (κ1) is 22.8. The van der Waals surface area contributed by atoms with E-state index >= 15 is 0 Å². The first-order chi connectivity index (χ1) is 15.1. The molecule has 0 heterocycles. The molecule has 10 nitrogen and oxygen atoms in total. The van der Waals surface area contributed by atoms with Gasteiger partial charge in [0.2, 0.25) is 0 Å². The Morgan fingerprint density at radius 1 is 1.09 bits per heavy atom. The van der Waals surface area contributed by atoms with Gasteiger partial charge in [0.25, 0.3) is 21.6 Å². The Hall–Kier alpha value is -3.83. The number of para-hydroxylation sites is 2. The second kappa shape index (κ2) is 9.12. The molecule has 0 aliphatic carbocycles. The highest BCUT2D eigenvalue weighted by molar-refractivity contribution is 7.92. The molecule has 0 aliphatic heterocycles. The van der Waals surface area contributed by atoms with Gasteiger partial charge in [-0.3, -0.25) is 19.6 Å². The molecule has 0 aromatic heterocycles. The molecule has 1 amide bonds. The van der Waals surface area contributed by atoms with Gasteiger partial charge in [-0.25, -0.2) is 8.42 Å². The van der Waals surface area contributed by atoms with Crippen LogP contribution < -0.4 is 14.8 Å². The van der Waals surface area contributed by atoms with Gasteiger partial charge in [-0.15, -0.1) is 0 Å². The van der Waals surface area contributed by atoms with Gasteiger partial charge < -0.3 is 15.2 Å². The molecule has 0 atom stereocenters. The van der Waals surface area contributed by atoms with Gasteiger partial charge in [-0.2, -0.15) is 0 Å². The number of phenolic OH excluding ortho intramolecular Hbond substituents is 1. The zero-order valence-corrected chi connectivity index (χ0v) is 18.0. The standard InChI is InChI=1S/C20H16ClN3O7S/c1-31-19-5-3-2-4-16(19)23-32(29,30)13-7-9-18(25)17(11-13)22-20(26)14-8-6-12(24(27)28)10-15(14)21/h2-11,23,25H,1H3,(H,22,26). The number of sulfonamides is 1. The number of nitrogens with zero attached hydrogens (tertiary/aromatic N) is 1. The summed E-state index contributed by atoms with van der Waals surface area (Å²) in [6, 6.07) is 13.0. The molecule has 0 unspecified atom stereocenters. The molecular weight excluding hydrogens is 462 g/mol. The van der Waals surface area contributed by atoms with Crippen LogP contribution in [0.3, 0.4) is 0 Å². The van der Waals surface area contributed by atoms with Crippen molar-refractivity contribution in [1.29, 1.82) is 0 Å². The van der Waals surface area contributed by atoms with Crippen molar-refractivity contribution in [2.24, 2.45) is 0 Å². The summed E-state index contributed by atoms with van der Waals surface area (Å²) in [6.07, 6.45) is 0. The lowest BCUT2D eigenvalue weighted by atomic mass is 10.2. The quantitative estimate of drug-likeness (QED) is 0.264. The van der Waals surface area contributed by atoms with Crippen LogP contribution in [-0.4, -0.2) is 31.5 Å². The third-order valence-corrected chi connectivity index (χ3v) is 5.96. The van der Waals surface area contributed by atoms with E-state index in [1.165, 1.54) is 13.2 Å². The molecule has 0 fully saturated rings. The molecule has 0 saturated heterocycles. The van der Waals surface area contributed by atoms with E-state index in [1.54, 1.807) is 18.2 Å². The van der Waals surface area contributed by atoms with Gasteiger partial charge >= 0.3 is 0 Å². The predicted octanol–water partition coefficient (Wildman–Crippen LogP) is 4.02. The van der Waals surface area contributed by atoms with Gasteiger partial charge in [-0.1, -0.05) is 23.7 Å². The van der Waals surface area contributed by atoms with Crippen LogP contribution in [0.4, 0.5) is 17.1 Å². The van der Waals surface area contributed by atoms with E-state index in [1.807, 2.05) is 0 Å². The lowest BCUT2D eigenvalue weighted by Gasteiger charge is -2.13. The summed E-state index contributed by atoms with van der Waals surface area (Å²) in [5, 5.41) is 23.1. The van der Waals surface area contributed by atoms with Crippen LogP contribution in [0.15, 0.2) is 65.6 Å². The van der Waals surface area contributed by atoms with E-state index in [-0.39, 0.29) is 32.5 Å². The minimum Gasteiger partial charge on any atom is -0.506 e. The monoisotopic (exact) mass is 477 g/mol. The number of carbonyl (C=O) groups excluding carboxylic acids is 1. The third-order valence-electron chi connectivity index (χ3n) is 4.29. The second-order valence-corrected chi connectivity index (χ2v) is 8.45. The maximum Gasteiger partial charge on any atom is 0.270 e. The number of ether oxygens (including phenoxy) is 1. The fraction of sp³-hybridized carbons (Fsp3) is 0.0500. The van der Waals surface area contributed by atoms with Crippen LogP contribution in [0.1, 0.15) is 10.4 Å². The Morgan fingerprint density at radius 3 is 2.47 bits per heavy atom. The smallest absolute Gasteiger partial charge is 0.270 e. The average molecular weight is 478 g/mol. The van der Waals surface area contributed by atoms with E-state index in [0.717, 1.165) is 36.4 Å². The number of hydrogen-bond donors (Lipinski definition) is 3. The number of carbonyl (C=O) groups is 1. The zero-order valence-electron chi connectivity index (χ0n) is 16.4. The number of aromatic hydroxyl groups is 1. The maximum absolute atomic E-state index is 12.8. The van der Waals surface area contributed by atoms with Gasteiger partial charge in [0.15, 0.2) is 0 Å². The first-order valence-corrected chi connectivity index (χ1v) is 10.7. The Labute approximate surface area is 187 Å². The highest BCUT2D eigenvalue weighted by Gasteiger charge is 2.20. The molecule has 3 rings (SSSR count). The summed E-state index contributed by atoms with van der Waals surface area (Å²) in [5.74, 6) is -0.892. The van der Waals surface area contributed by atoms with Crippen molar-refractivity contribution >= 4 is 44.6 Å². The van der Waals surface area contributed by atoms with Crippen LogP contribution >= 0.6 is 11.6 Å². The number of nitro groups is 1.